The Morgan fingerprint density at radius 1 is 1.33 bits per heavy atom. The van der Waals surface area contributed by atoms with Crippen molar-refractivity contribution in [2.24, 2.45) is 0 Å². The SMILES string of the molecule is CCCCCOc1ccc(C#CCCO)c(F)c1. The molecule has 98 valence electrons. The zero-order valence-electron chi connectivity index (χ0n) is 10.7. The molecule has 18 heavy (non-hydrogen) atoms. The Morgan fingerprint density at radius 2 is 2.17 bits per heavy atom. The molecule has 0 aliphatic carbocycles. The molecule has 2 nitrogen and oxygen atoms in total. The fraction of sp³-hybridized carbons (Fsp3) is 0.467. The summed E-state index contributed by atoms with van der Waals surface area (Å²) in [6.45, 7) is 2.73. The molecule has 0 amide bonds. The lowest BCUT2D eigenvalue weighted by Gasteiger charge is -2.06. The molecule has 0 atom stereocenters. The van der Waals surface area contributed by atoms with Crippen LogP contribution in [0.25, 0.3) is 0 Å². The molecule has 0 aliphatic rings. The summed E-state index contributed by atoms with van der Waals surface area (Å²) in [6, 6.07) is 4.68. The fourth-order valence-electron chi connectivity index (χ4n) is 1.44. The second-order valence-electron chi connectivity index (χ2n) is 3.97. The summed E-state index contributed by atoms with van der Waals surface area (Å²) in [5, 5.41) is 8.58. The number of hydrogen-bond acceptors (Lipinski definition) is 2. The van der Waals surface area contributed by atoms with Crippen LogP contribution in [0.15, 0.2) is 18.2 Å². The number of rotatable bonds is 6. The summed E-state index contributed by atoms with van der Waals surface area (Å²) < 4.78 is 19.0. The van der Waals surface area contributed by atoms with E-state index in [0.29, 0.717) is 24.3 Å². The zero-order chi connectivity index (χ0) is 13.2. The topological polar surface area (TPSA) is 29.5 Å². The van der Waals surface area contributed by atoms with E-state index < -0.39 is 0 Å². The molecule has 0 spiro atoms. The summed E-state index contributed by atoms with van der Waals surface area (Å²) in [5.41, 5.74) is 0.337. The van der Waals surface area contributed by atoms with Gasteiger partial charge in [0.2, 0.25) is 0 Å². The molecule has 1 aromatic carbocycles. The molecule has 0 fully saturated rings. The van der Waals surface area contributed by atoms with Gasteiger partial charge in [-0.2, -0.15) is 0 Å². The molecule has 0 heterocycles. The summed E-state index contributed by atoms with van der Waals surface area (Å²) >= 11 is 0. The monoisotopic (exact) mass is 250 g/mol. The van der Waals surface area contributed by atoms with Crippen molar-refractivity contribution in [3.05, 3.63) is 29.6 Å². The van der Waals surface area contributed by atoms with Crippen molar-refractivity contribution in [3.63, 3.8) is 0 Å². The summed E-state index contributed by atoms with van der Waals surface area (Å²) in [7, 11) is 0. The number of unbranched alkanes of at least 4 members (excludes halogenated alkanes) is 2. The Labute approximate surface area is 108 Å². The third-order valence-electron chi connectivity index (χ3n) is 2.42. The highest BCUT2D eigenvalue weighted by molar-refractivity contribution is 5.39. The summed E-state index contributed by atoms with van der Waals surface area (Å²) in [5.74, 6) is 5.52. The van der Waals surface area contributed by atoms with Crippen molar-refractivity contribution in [2.45, 2.75) is 32.6 Å². The van der Waals surface area contributed by atoms with Crippen LogP contribution in [0.5, 0.6) is 5.75 Å². The first-order chi connectivity index (χ1) is 8.77. The van der Waals surface area contributed by atoms with Crippen LogP contribution in [0.4, 0.5) is 4.39 Å². The van der Waals surface area contributed by atoms with Gasteiger partial charge in [-0.25, -0.2) is 4.39 Å². The molecule has 0 aromatic heterocycles. The average Bonchev–Trinajstić information content (AvgIpc) is 2.37. The Morgan fingerprint density at radius 3 is 2.83 bits per heavy atom. The highest BCUT2D eigenvalue weighted by atomic mass is 19.1. The number of halogens is 1. The molecule has 0 unspecified atom stereocenters. The van der Waals surface area contributed by atoms with Crippen LogP contribution >= 0.6 is 0 Å². The van der Waals surface area contributed by atoms with Crippen molar-refractivity contribution >= 4 is 0 Å². The number of aliphatic hydroxyl groups excluding tert-OH is 1. The molecule has 0 bridgehead atoms. The van der Waals surface area contributed by atoms with Crippen molar-refractivity contribution in [3.8, 4) is 17.6 Å². The molecule has 0 saturated carbocycles. The Balaban J connectivity index is 2.54. The standard InChI is InChI=1S/C15H19FO2/c1-2-3-6-11-18-14-9-8-13(15(16)12-14)7-4-5-10-17/h8-9,12,17H,2-3,5-6,10-11H2,1H3. The molecule has 3 heteroatoms. The van der Waals surface area contributed by atoms with Crippen molar-refractivity contribution in [2.75, 3.05) is 13.2 Å². The van der Waals surface area contributed by atoms with Gasteiger partial charge in [-0.1, -0.05) is 31.6 Å². The predicted molar refractivity (Wildman–Crippen MR) is 70.0 cm³/mol. The first kappa shape index (κ1) is 14.5. The van der Waals surface area contributed by atoms with Gasteiger partial charge in [0, 0.05) is 12.5 Å². The Kier molecular flexibility index (Phi) is 6.90. The minimum Gasteiger partial charge on any atom is -0.493 e. The normalized spacial score (nSPS) is 9.72. The molecular formula is C15H19FO2. The van der Waals surface area contributed by atoms with E-state index in [9.17, 15) is 4.39 Å². The third-order valence-corrected chi connectivity index (χ3v) is 2.42. The molecule has 0 saturated heterocycles. The largest absolute Gasteiger partial charge is 0.493 e. The Hall–Kier alpha value is -1.53. The quantitative estimate of drug-likeness (QED) is 0.621. The minimum absolute atomic E-state index is 0.00670. The second-order valence-corrected chi connectivity index (χ2v) is 3.97. The van der Waals surface area contributed by atoms with Gasteiger partial charge in [0.05, 0.1) is 18.8 Å². The number of ether oxygens (including phenoxy) is 1. The van der Waals surface area contributed by atoms with E-state index in [0.717, 1.165) is 19.3 Å². The molecule has 0 radical (unpaired) electrons. The average molecular weight is 250 g/mol. The smallest absolute Gasteiger partial charge is 0.142 e. The Bertz CT molecular complexity index is 418. The van der Waals surface area contributed by atoms with Crippen LogP contribution in [0.3, 0.4) is 0 Å². The van der Waals surface area contributed by atoms with E-state index in [-0.39, 0.29) is 12.4 Å². The lowest BCUT2D eigenvalue weighted by molar-refractivity contribution is 0.304. The van der Waals surface area contributed by atoms with Crippen molar-refractivity contribution in [1.29, 1.82) is 0 Å². The lowest BCUT2D eigenvalue weighted by atomic mass is 10.2. The van der Waals surface area contributed by atoms with Gasteiger partial charge in [0.15, 0.2) is 0 Å². The molecule has 1 aromatic rings. The maximum Gasteiger partial charge on any atom is 0.142 e. The van der Waals surface area contributed by atoms with Crippen molar-refractivity contribution < 1.29 is 14.2 Å². The minimum atomic E-state index is -0.381. The van der Waals surface area contributed by atoms with Gasteiger partial charge in [-0.3, -0.25) is 0 Å². The predicted octanol–water partition coefficient (Wildman–Crippen LogP) is 3.13. The van der Waals surface area contributed by atoms with E-state index in [1.165, 1.54) is 6.07 Å². The van der Waals surface area contributed by atoms with Gasteiger partial charge in [-0.05, 0) is 18.6 Å². The molecule has 0 aliphatic heterocycles. The van der Waals surface area contributed by atoms with Crippen LogP contribution in [0, 0.1) is 17.7 Å². The van der Waals surface area contributed by atoms with E-state index in [2.05, 4.69) is 18.8 Å². The van der Waals surface area contributed by atoms with Gasteiger partial charge in [-0.15, -0.1) is 0 Å². The first-order valence-electron chi connectivity index (χ1n) is 6.30. The zero-order valence-corrected chi connectivity index (χ0v) is 10.7. The van der Waals surface area contributed by atoms with E-state index in [4.69, 9.17) is 9.84 Å². The highest BCUT2D eigenvalue weighted by Gasteiger charge is 2.01. The van der Waals surface area contributed by atoms with Crippen LogP contribution < -0.4 is 4.74 Å². The number of hydrogen-bond donors (Lipinski definition) is 1. The van der Waals surface area contributed by atoms with Gasteiger partial charge >= 0.3 is 0 Å². The second kappa shape index (κ2) is 8.54. The molecular weight excluding hydrogens is 231 g/mol. The van der Waals surface area contributed by atoms with Crippen LogP contribution in [0.2, 0.25) is 0 Å². The van der Waals surface area contributed by atoms with Gasteiger partial charge < -0.3 is 9.84 Å². The van der Waals surface area contributed by atoms with Gasteiger partial charge in [0.25, 0.3) is 0 Å². The van der Waals surface area contributed by atoms with E-state index >= 15 is 0 Å². The highest BCUT2D eigenvalue weighted by Crippen LogP contribution is 2.16. The maximum absolute atomic E-state index is 13.6. The summed E-state index contributed by atoms with van der Waals surface area (Å²) in [4.78, 5) is 0. The van der Waals surface area contributed by atoms with E-state index in [1.54, 1.807) is 12.1 Å². The lowest BCUT2D eigenvalue weighted by Crippen LogP contribution is -1.97. The first-order valence-corrected chi connectivity index (χ1v) is 6.30. The van der Waals surface area contributed by atoms with Crippen LogP contribution in [0.1, 0.15) is 38.2 Å². The fourth-order valence-corrected chi connectivity index (χ4v) is 1.44. The van der Waals surface area contributed by atoms with Crippen LogP contribution in [-0.4, -0.2) is 18.3 Å². The summed E-state index contributed by atoms with van der Waals surface area (Å²) in [6.07, 6.45) is 3.59. The molecule has 1 rings (SSSR count). The van der Waals surface area contributed by atoms with E-state index in [1.807, 2.05) is 0 Å². The van der Waals surface area contributed by atoms with Crippen molar-refractivity contribution in [1.82, 2.24) is 0 Å². The number of benzene rings is 1. The van der Waals surface area contributed by atoms with Gasteiger partial charge in [0.1, 0.15) is 11.6 Å². The van der Waals surface area contributed by atoms with Crippen LogP contribution in [-0.2, 0) is 0 Å². The number of aliphatic hydroxyl groups is 1. The maximum atomic E-state index is 13.6. The molecule has 1 N–H and O–H groups in total. The third kappa shape index (κ3) is 5.20.